The lowest BCUT2D eigenvalue weighted by atomic mass is 10.1. The molecule has 0 unspecified atom stereocenters. The highest BCUT2D eigenvalue weighted by molar-refractivity contribution is 7.90. The van der Waals surface area contributed by atoms with Gasteiger partial charge in [0.25, 0.3) is 0 Å². The molecule has 0 radical (unpaired) electrons. The summed E-state index contributed by atoms with van der Waals surface area (Å²) >= 11 is 0. The molecule has 9 nitrogen and oxygen atoms in total. The van der Waals surface area contributed by atoms with E-state index in [2.05, 4.69) is 10.00 Å². The maximum absolute atomic E-state index is 12.0. The Morgan fingerprint density at radius 3 is 2.32 bits per heavy atom. The molecule has 10 heteroatoms. The number of rotatable bonds is 5. The fraction of sp³-hybridized carbons (Fsp3) is 0.500. The number of nitro benzene ring substituents is 1. The van der Waals surface area contributed by atoms with Gasteiger partial charge >= 0.3 is 5.69 Å². The third-order valence-corrected chi connectivity index (χ3v) is 6.44. The van der Waals surface area contributed by atoms with E-state index >= 15 is 0 Å². The number of nitro groups is 1. The van der Waals surface area contributed by atoms with Gasteiger partial charge in [-0.1, -0.05) is 6.07 Å². The van der Waals surface area contributed by atoms with Crippen molar-refractivity contribution in [3.63, 3.8) is 0 Å². The minimum atomic E-state index is -3.69. The average molecular weight is 407 g/mol. The van der Waals surface area contributed by atoms with E-state index < -0.39 is 14.8 Å². The Labute approximate surface area is 164 Å². The SMILES string of the molecule is Cc1nn(C)c(C)c1CN1CCN(c2cccc(S(C)(=O)=O)c2[N+](=O)[O-])CC1. The first-order chi connectivity index (χ1) is 13.1. The van der Waals surface area contributed by atoms with Crippen LogP contribution in [0.1, 0.15) is 17.0 Å². The summed E-state index contributed by atoms with van der Waals surface area (Å²) in [5.74, 6) is 0. The molecule has 1 aliphatic heterocycles. The number of aryl methyl sites for hydroxylation is 2. The van der Waals surface area contributed by atoms with Crippen LogP contribution in [0.5, 0.6) is 0 Å². The number of aromatic nitrogens is 2. The summed E-state index contributed by atoms with van der Waals surface area (Å²) in [4.78, 5) is 15.0. The van der Waals surface area contributed by atoms with E-state index in [9.17, 15) is 18.5 Å². The number of benzene rings is 1. The van der Waals surface area contributed by atoms with Gasteiger partial charge < -0.3 is 4.90 Å². The van der Waals surface area contributed by atoms with Crippen molar-refractivity contribution >= 4 is 21.2 Å². The van der Waals surface area contributed by atoms with Crippen LogP contribution in [0.25, 0.3) is 0 Å². The van der Waals surface area contributed by atoms with E-state index in [0.29, 0.717) is 18.8 Å². The van der Waals surface area contributed by atoms with Gasteiger partial charge in [-0.15, -0.1) is 0 Å². The fourth-order valence-electron chi connectivity index (χ4n) is 3.67. The van der Waals surface area contributed by atoms with Crippen molar-refractivity contribution in [3.05, 3.63) is 45.3 Å². The molecule has 0 amide bonds. The summed E-state index contributed by atoms with van der Waals surface area (Å²) < 4.78 is 25.8. The molecule has 0 saturated carbocycles. The van der Waals surface area contributed by atoms with E-state index in [1.807, 2.05) is 30.5 Å². The van der Waals surface area contributed by atoms with Crippen LogP contribution in [0.3, 0.4) is 0 Å². The van der Waals surface area contributed by atoms with Crippen LogP contribution in [0.4, 0.5) is 11.4 Å². The van der Waals surface area contributed by atoms with Crippen LogP contribution in [-0.4, -0.2) is 60.5 Å². The Balaban J connectivity index is 1.79. The van der Waals surface area contributed by atoms with Gasteiger partial charge in [0.2, 0.25) is 0 Å². The van der Waals surface area contributed by atoms with Gasteiger partial charge in [0.1, 0.15) is 10.6 Å². The first-order valence-electron chi connectivity index (χ1n) is 9.03. The molecular formula is C18H25N5O4S. The smallest absolute Gasteiger partial charge is 0.311 e. The van der Waals surface area contributed by atoms with Gasteiger partial charge in [-0.05, 0) is 26.0 Å². The Morgan fingerprint density at radius 1 is 1.18 bits per heavy atom. The van der Waals surface area contributed by atoms with Crippen LogP contribution >= 0.6 is 0 Å². The fourth-order valence-corrected chi connectivity index (χ4v) is 4.52. The van der Waals surface area contributed by atoms with Crippen LogP contribution in [0.2, 0.25) is 0 Å². The summed E-state index contributed by atoms with van der Waals surface area (Å²) in [6.45, 7) is 7.47. The molecule has 2 aromatic rings. The molecule has 0 atom stereocenters. The normalized spacial score (nSPS) is 15.8. The van der Waals surface area contributed by atoms with Gasteiger partial charge in [-0.3, -0.25) is 19.7 Å². The maximum atomic E-state index is 12.0. The molecule has 3 rings (SSSR count). The molecule has 0 bridgehead atoms. The summed E-state index contributed by atoms with van der Waals surface area (Å²) in [5.41, 5.74) is 3.38. The number of piperazine rings is 1. The number of hydrogen-bond acceptors (Lipinski definition) is 7. The molecule has 0 spiro atoms. The van der Waals surface area contributed by atoms with Gasteiger partial charge in [-0.2, -0.15) is 5.10 Å². The molecule has 152 valence electrons. The topological polar surface area (TPSA) is 102 Å². The Morgan fingerprint density at radius 2 is 1.82 bits per heavy atom. The Bertz CT molecular complexity index is 1010. The van der Waals surface area contributed by atoms with Crippen LogP contribution in [0, 0.1) is 24.0 Å². The molecule has 1 aliphatic rings. The molecule has 1 saturated heterocycles. The zero-order valence-electron chi connectivity index (χ0n) is 16.5. The first kappa shape index (κ1) is 20.3. The van der Waals surface area contributed by atoms with E-state index in [1.165, 1.54) is 11.6 Å². The molecule has 1 fully saturated rings. The highest BCUT2D eigenvalue weighted by atomic mass is 32.2. The largest absolute Gasteiger partial charge is 0.363 e. The van der Waals surface area contributed by atoms with Crippen molar-refractivity contribution in [3.8, 4) is 0 Å². The first-order valence-corrected chi connectivity index (χ1v) is 10.9. The summed E-state index contributed by atoms with van der Waals surface area (Å²) in [5, 5.41) is 16.1. The number of para-hydroxylation sites is 1. The summed E-state index contributed by atoms with van der Waals surface area (Å²) in [7, 11) is -1.76. The van der Waals surface area contributed by atoms with Gasteiger partial charge in [-0.25, -0.2) is 8.42 Å². The number of hydrogen-bond donors (Lipinski definition) is 0. The van der Waals surface area contributed by atoms with E-state index in [4.69, 9.17) is 0 Å². The van der Waals surface area contributed by atoms with E-state index in [-0.39, 0.29) is 10.6 Å². The zero-order chi connectivity index (χ0) is 20.6. The van der Waals surface area contributed by atoms with Crippen molar-refractivity contribution in [1.29, 1.82) is 0 Å². The average Bonchev–Trinajstić information content (AvgIpc) is 2.87. The number of nitrogens with zero attached hydrogens (tertiary/aromatic N) is 5. The number of anilines is 1. The van der Waals surface area contributed by atoms with Crippen LogP contribution < -0.4 is 4.90 Å². The highest BCUT2D eigenvalue weighted by Gasteiger charge is 2.30. The van der Waals surface area contributed by atoms with Crippen molar-refractivity contribution in [1.82, 2.24) is 14.7 Å². The second-order valence-corrected chi connectivity index (χ2v) is 9.17. The second kappa shape index (κ2) is 7.51. The monoisotopic (exact) mass is 407 g/mol. The third kappa shape index (κ3) is 3.88. The molecule has 28 heavy (non-hydrogen) atoms. The Hall–Kier alpha value is -2.46. The van der Waals surface area contributed by atoms with Gasteiger partial charge in [0.05, 0.1) is 10.6 Å². The van der Waals surface area contributed by atoms with E-state index in [0.717, 1.165) is 37.3 Å². The molecule has 2 heterocycles. The Kier molecular flexibility index (Phi) is 5.44. The molecular weight excluding hydrogens is 382 g/mol. The quantitative estimate of drug-likeness (QED) is 0.549. The zero-order valence-corrected chi connectivity index (χ0v) is 17.4. The lowest BCUT2D eigenvalue weighted by molar-refractivity contribution is -0.387. The minimum absolute atomic E-state index is 0.237. The molecule has 1 aromatic heterocycles. The van der Waals surface area contributed by atoms with Crippen molar-refractivity contribution in [2.24, 2.45) is 7.05 Å². The molecule has 0 aliphatic carbocycles. The lowest BCUT2D eigenvalue weighted by Crippen LogP contribution is -2.46. The predicted octanol–water partition coefficient (Wildman–Crippen LogP) is 1.67. The molecule has 0 N–H and O–H groups in total. The van der Waals surface area contributed by atoms with Crippen LogP contribution in [-0.2, 0) is 23.4 Å². The number of sulfone groups is 1. The highest BCUT2D eigenvalue weighted by Crippen LogP contribution is 2.35. The lowest BCUT2D eigenvalue weighted by Gasteiger charge is -2.36. The third-order valence-electron chi connectivity index (χ3n) is 5.31. The second-order valence-electron chi connectivity index (χ2n) is 7.19. The van der Waals surface area contributed by atoms with Crippen LogP contribution in [0.15, 0.2) is 23.1 Å². The molecule has 1 aromatic carbocycles. The van der Waals surface area contributed by atoms with Crippen molar-refractivity contribution < 1.29 is 13.3 Å². The van der Waals surface area contributed by atoms with Gasteiger partial charge in [0.15, 0.2) is 9.84 Å². The van der Waals surface area contributed by atoms with Crippen molar-refractivity contribution in [2.75, 3.05) is 37.3 Å². The van der Waals surface area contributed by atoms with Gasteiger partial charge in [0, 0.05) is 57.3 Å². The predicted molar refractivity (Wildman–Crippen MR) is 106 cm³/mol. The van der Waals surface area contributed by atoms with Crippen molar-refractivity contribution in [2.45, 2.75) is 25.3 Å². The maximum Gasteiger partial charge on any atom is 0.311 e. The van der Waals surface area contributed by atoms with E-state index in [1.54, 1.807) is 12.1 Å². The minimum Gasteiger partial charge on any atom is -0.363 e. The summed E-state index contributed by atoms with van der Waals surface area (Å²) in [6.07, 6.45) is 0.996. The summed E-state index contributed by atoms with van der Waals surface area (Å²) in [6, 6.07) is 4.48. The standard InChI is InChI=1S/C18H25N5O4S/c1-13-15(14(2)20(3)19-13)12-21-8-10-22(11-9-21)16-6-5-7-17(28(4,26)27)18(16)23(24)25/h5-7H,8-12H2,1-4H3.